The first-order chi connectivity index (χ1) is 13.6. The maximum absolute atomic E-state index is 12.2. The van der Waals surface area contributed by atoms with Gasteiger partial charge in [0, 0.05) is 24.7 Å². The summed E-state index contributed by atoms with van der Waals surface area (Å²) in [5.74, 6) is 1.64. The predicted molar refractivity (Wildman–Crippen MR) is 106 cm³/mol. The van der Waals surface area contributed by atoms with E-state index in [0.29, 0.717) is 30.2 Å². The van der Waals surface area contributed by atoms with Crippen LogP contribution in [-0.4, -0.2) is 39.2 Å². The van der Waals surface area contributed by atoms with Gasteiger partial charge in [-0.25, -0.2) is 0 Å². The Hall–Kier alpha value is -3.22. The van der Waals surface area contributed by atoms with Crippen LogP contribution in [0.2, 0.25) is 0 Å². The SMILES string of the molecule is COc1ccc(OCC(=O)Nc2ccc(N3CCCCC3=O)c(OC)c2)cc1. The van der Waals surface area contributed by atoms with Gasteiger partial charge in [0.05, 0.1) is 19.9 Å². The third-order valence-corrected chi connectivity index (χ3v) is 4.51. The number of benzene rings is 2. The van der Waals surface area contributed by atoms with Gasteiger partial charge in [-0.05, 0) is 49.2 Å². The second-order valence-electron chi connectivity index (χ2n) is 6.40. The molecule has 0 bridgehead atoms. The third-order valence-electron chi connectivity index (χ3n) is 4.51. The molecule has 1 N–H and O–H groups in total. The molecule has 0 saturated carbocycles. The summed E-state index contributed by atoms with van der Waals surface area (Å²) in [5.41, 5.74) is 1.30. The topological polar surface area (TPSA) is 77.1 Å². The monoisotopic (exact) mass is 384 g/mol. The fourth-order valence-electron chi connectivity index (χ4n) is 3.06. The van der Waals surface area contributed by atoms with Crippen LogP contribution in [0.1, 0.15) is 19.3 Å². The number of rotatable bonds is 7. The van der Waals surface area contributed by atoms with Crippen molar-refractivity contribution < 1.29 is 23.8 Å². The first-order valence-corrected chi connectivity index (χ1v) is 9.16. The maximum Gasteiger partial charge on any atom is 0.262 e. The van der Waals surface area contributed by atoms with E-state index in [2.05, 4.69) is 5.32 Å². The summed E-state index contributed by atoms with van der Waals surface area (Å²) >= 11 is 0. The Morgan fingerprint density at radius 3 is 2.46 bits per heavy atom. The van der Waals surface area contributed by atoms with E-state index in [1.165, 1.54) is 0 Å². The van der Waals surface area contributed by atoms with Crippen molar-refractivity contribution in [3.63, 3.8) is 0 Å². The van der Waals surface area contributed by atoms with E-state index < -0.39 is 0 Å². The van der Waals surface area contributed by atoms with Crippen molar-refractivity contribution in [2.45, 2.75) is 19.3 Å². The van der Waals surface area contributed by atoms with Crippen LogP contribution >= 0.6 is 0 Å². The highest BCUT2D eigenvalue weighted by molar-refractivity contribution is 5.97. The molecule has 1 aliphatic heterocycles. The molecule has 0 spiro atoms. The smallest absolute Gasteiger partial charge is 0.262 e. The number of anilines is 2. The van der Waals surface area contributed by atoms with E-state index in [0.717, 1.165) is 24.3 Å². The number of amides is 2. The average Bonchev–Trinajstić information content (AvgIpc) is 2.73. The Balaban J connectivity index is 1.61. The summed E-state index contributed by atoms with van der Waals surface area (Å²) in [7, 11) is 3.13. The summed E-state index contributed by atoms with van der Waals surface area (Å²) in [5, 5.41) is 2.78. The molecule has 2 amide bonds. The predicted octanol–water partition coefficient (Wildman–Crippen LogP) is 3.24. The molecule has 2 aromatic rings. The van der Waals surface area contributed by atoms with E-state index in [1.807, 2.05) is 0 Å². The van der Waals surface area contributed by atoms with Gasteiger partial charge in [-0.15, -0.1) is 0 Å². The number of nitrogens with one attached hydrogen (secondary N) is 1. The van der Waals surface area contributed by atoms with Gasteiger partial charge in [0.1, 0.15) is 17.2 Å². The van der Waals surface area contributed by atoms with E-state index in [4.69, 9.17) is 14.2 Å². The summed E-state index contributed by atoms with van der Waals surface area (Å²) in [6, 6.07) is 12.3. The fraction of sp³-hybridized carbons (Fsp3) is 0.333. The van der Waals surface area contributed by atoms with E-state index in [1.54, 1.807) is 61.6 Å². The second-order valence-corrected chi connectivity index (χ2v) is 6.40. The highest BCUT2D eigenvalue weighted by Gasteiger charge is 2.22. The molecule has 0 aromatic heterocycles. The van der Waals surface area contributed by atoms with Gasteiger partial charge in [-0.3, -0.25) is 9.59 Å². The summed E-state index contributed by atoms with van der Waals surface area (Å²) < 4.78 is 16.0. The molecule has 0 radical (unpaired) electrons. The molecule has 0 aliphatic carbocycles. The number of piperidine rings is 1. The van der Waals surface area contributed by atoms with E-state index >= 15 is 0 Å². The van der Waals surface area contributed by atoms with E-state index in [-0.39, 0.29) is 18.4 Å². The standard InChI is InChI=1S/C21H24N2O5/c1-26-16-7-9-17(10-8-16)28-14-20(24)22-15-6-11-18(19(13-15)27-2)23-12-4-3-5-21(23)25/h6-11,13H,3-5,12,14H2,1-2H3,(H,22,24). The summed E-state index contributed by atoms with van der Waals surface area (Å²) in [6.45, 7) is 0.553. The zero-order valence-corrected chi connectivity index (χ0v) is 16.1. The number of methoxy groups -OCH3 is 2. The van der Waals surface area contributed by atoms with Crippen molar-refractivity contribution in [3.05, 3.63) is 42.5 Å². The summed E-state index contributed by atoms with van der Waals surface area (Å²) in [4.78, 5) is 26.1. The van der Waals surface area contributed by atoms with Crippen LogP contribution in [0.15, 0.2) is 42.5 Å². The molecule has 7 heteroatoms. The number of hydrogen-bond donors (Lipinski definition) is 1. The van der Waals surface area contributed by atoms with Gasteiger partial charge >= 0.3 is 0 Å². The molecule has 1 heterocycles. The number of ether oxygens (including phenoxy) is 3. The minimum Gasteiger partial charge on any atom is -0.497 e. The van der Waals surface area contributed by atoms with Gasteiger partial charge in [0.25, 0.3) is 5.91 Å². The van der Waals surface area contributed by atoms with Gasteiger partial charge < -0.3 is 24.4 Å². The average molecular weight is 384 g/mol. The van der Waals surface area contributed by atoms with Crippen LogP contribution in [0.4, 0.5) is 11.4 Å². The van der Waals surface area contributed by atoms with Crippen LogP contribution in [-0.2, 0) is 9.59 Å². The molecule has 148 valence electrons. The van der Waals surface area contributed by atoms with Crippen molar-refractivity contribution in [1.82, 2.24) is 0 Å². The van der Waals surface area contributed by atoms with Gasteiger partial charge in [0.15, 0.2) is 6.61 Å². The summed E-state index contributed by atoms with van der Waals surface area (Å²) in [6.07, 6.45) is 2.43. The quantitative estimate of drug-likeness (QED) is 0.793. The molecule has 7 nitrogen and oxygen atoms in total. The largest absolute Gasteiger partial charge is 0.497 e. The lowest BCUT2D eigenvalue weighted by atomic mass is 10.1. The van der Waals surface area contributed by atoms with Crippen molar-refractivity contribution in [3.8, 4) is 17.2 Å². The molecule has 2 aromatic carbocycles. The van der Waals surface area contributed by atoms with Crippen molar-refractivity contribution in [2.24, 2.45) is 0 Å². The fourth-order valence-corrected chi connectivity index (χ4v) is 3.06. The Kier molecular flexibility index (Phi) is 6.37. The zero-order chi connectivity index (χ0) is 19.9. The highest BCUT2D eigenvalue weighted by Crippen LogP contribution is 2.33. The Morgan fingerprint density at radius 2 is 1.79 bits per heavy atom. The first-order valence-electron chi connectivity index (χ1n) is 9.16. The van der Waals surface area contributed by atoms with Crippen LogP contribution < -0.4 is 24.4 Å². The van der Waals surface area contributed by atoms with E-state index in [9.17, 15) is 9.59 Å². The third kappa shape index (κ3) is 4.73. The van der Waals surface area contributed by atoms with Crippen LogP contribution in [0.25, 0.3) is 0 Å². The Bertz CT molecular complexity index is 835. The Morgan fingerprint density at radius 1 is 1.04 bits per heavy atom. The molecular formula is C21H24N2O5. The van der Waals surface area contributed by atoms with Crippen LogP contribution in [0.5, 0.6) is 17.2 Å². The number of nitrogens with zero attached hydrogens (tertiary/aromatic N) is 1. The minimum atomic E-state index is -0.292. The molecule has 1 aliphatic rings. The van der Waals surface area contributed by atoms with Gasteiger partial charge in [0.2, 0.25) is 5.91 Å². The molecule has 0 atom stereocenters. The van der Waals surface area contributed by atoms with Crippen LogP contribution in [0.3, 0.4) is 0 Å². The lowest BCUT2D eigenvalue weighted by Gasteiger charge is -2.28. The van der Waals surface area contributed by atoms with Crippen LogP contribution in [0, 0.1) is 0 Å². The zero-order valence-electron chi connectivity index (χ0n) is 16.1. The normalized spacial score (nSPS) is 13.8. The second kappa shape index (κ2) is 9.12. The van der Waals surface area contributed by atoms with Crippen molar-refractivity contribution >= 4 is 23.2 Å². The highest BCUT2D eigenvalue weighted by atomic mass is 16.5. The lowest BCUT2D eigenvalue weighted by molar-refractivity contribution is -0.119. The Labute approximate surface area is 164 Å². The van der Waals surface area contributed by atoms with Gasteiger partial charge in [-0.2, -0.15) is 0 Å². The number of carbonyl (C=O) groups excluding carboxylic acids is 2. The van der Waals surface area contributed by atoms with Crippen molar-refractivity contribution in [1.29, 1.82) is 0 Å². The lowest BCUT2D eigenvalue weighted by Crippen LogP contribution is -2.35. The number of hydrogen-bond acceptors (Lipinski definition) is 5. The number of carbonyl (C=O) groups is 2. The maximum atomic E-state index is 12.2. The van der Waals surface area contributed by atoms with Crippen molar-refractivity contribution in [2.75, 3.05) is 37.6 Å². The molecule has 1 saturated heterocycles. The molecule has 3 rings (SSSR count). The molecule has 28 heavy (non-hydrogen) atoms. The molecular weight excluding hydrogens is 360 g/mol. The molecule has 1 fully saturated rings. The molecule has 0 unspecified atom stereocenters. The first kappa shape index (κ1) is 19.5. The van der Waals surface area contributed by atoms with Gasteiger partial charge in [-0.1, -0.05) is 0 Å². The minimum absolute atomic E-state index is 0.0919.